The van der Waals surface area contributed by atoms with Gasteiger partial charge in [0.05, 0.1) is 16.8 Å². The summed E-state index contributed by atoms with van der Waals surface area (Å²) in [7, 11) is 1.57. The van der Waals surface area contributed by atoms with E-state index in [9.17, 15) is 4.79 Å². The van der Waals surface area contributed by atoms with Crippen LogP contribution in [0.1, 0.15) is 5.56 Å². The van der Waals surface area contributed by atoms with Crippen LogP contribution in [-0.4, -0.2) is 18.0 Å². The Morgan fingerprint density at radius 1 is 1.25 bits per heavy atom. The molecule has 122 valence electrons. The van der Waals surface area contributed by atoms with Crippen LogP contribution in [0.5, 0.6) is 5.75 Å². The minimum Gasteiger partial charge on any atom is -0.494 e. The first kappa shape index (κ1) is 16.3. The number of amides is 1. The molecule has 0 saturated heterocycles. The third-order valence-corrected chi connectivity index (χ3v) is 4.63. The van der Waals surface area contributed by atoms with Crippen LogP contribution in [0.25, 0.3) is 16.3 Å². The maximum Gasteiger partial charge on any atom is 0.262 e. The van der Waals surface area contributed by atoms with Crippen molar-refractivity contribution >= 4 is 50.3 Å². The molecule has 0 saturated carbocycles. The second-order valence-corrected chi connectivity index (χ2v) is 6.21. The number of benzene rings is 2. The molecule has 3 rings (SSSR count). The van der Waals surface area contributed by atoms with Crippen molar-refractivity contribution in [1.82, 2.24) is 10.4 Å². The van der Waals surface area contributed by atoms with E-state index in [1.54, 1.807) is 25.3 Å². The topological polar surface area (TPSA) is 63.2 Å². The highest BCUT2D eigenvalue weighted by molar-refractivity contribution is 7.22. The molecular weight excluding hydrogens is 346 g/mol. The molecule has 5 nitrogen and oxygen atoms in total. The predicted octanol–water partition coefficient (Wildman–Crippen LogP) is 4.11. The normalized spacial score (nSPS) is 10.9. The van der Waals surface area contributed by atoms with Gasteiger partial charge in [-0.15, -0.1) is 0 Å². The number of anilines is 1. The van der Waals surface area contributed by atoms with Crippen molar-refractivity contribution in [2.24, 2.45) is 0 Å². The molecule has 0 bridgehead atoms. The van der Waals surface area contributed by atoms with Crippen molar-refractivity contribution in [3.63, 3.8) is 0 Å². The summed E-state index contributed by atoms with van der Waals surface area (Å²) in [5.74, 6) is 0.352. The van der Waals surface area contributed by atoms with E-state index in [0.717, 1.165) is 10.3 Å². The average Bonchev–Trinajstić information content (AvgIpc) is 3.05. The monoisotopic (exact) mass is 359 g/mol. The van der Waals surface area contributed by atoms with E-state index >= 15 is 0 Å². The van der Waals surface area contributed by atoms with Crippen molar-refractivity contribution in [2.75, 3.05) is 12.5 Å². The number of rotatable bonds is 5. The number of carbonyl (C=O) groups excluding carboxylic acids is 1. The van der Waals surface area contributed by atoms with Crippen LogP contribution < -0.4 is 15.6 Å². The van der Waals surface area contributed by atoms with Gasteiger partial charge in [0.25, 0.3) is 5.91 Å². The minimum absolute atomic E-state index is 0.281. The number of ether oxygens (including phenoxy) is 1. The molecule has 0 atom stereocenters. The number of carbonyl (C=O) groups is 1. The number of hydrazine groups is 1. The molecule has 24 heavy (non-hydrogen) atoms. The van der Waals surface area contributed by atoms with E-state index < -0.39 is 0 Å². The molecule has 1 amide bonds. The lowest BCUT2D eigenvalue weighted by Crippen LogP contribution is -2.27. The van der Waals surface area contributed by atoms with Crippen LogP contribution in [0.2, 0.25) is 5.02 Å². The Kier molecular flexibility index (Phi) is 4.98. The summed E-state index contributed by atoms with van der Waals surface area (Å²) in [6.07, 6.45) is 3.18. The molecule has 1 aromatic heterocycles. The van der Waals surface area contributed by atoms with Crippen molar-refractivity contribution < 1.29 is 9.53 Å². The first-order chi connectivity index (χ1) is 11.7. The van der Waals surface area contributed by atoms with Crippen LogP contribution in [0, 0.1) is 0 Å². The van der Waals surface area contributed by atoms with E-state index in [0.29, 0.717) is 21.4 Å². The Hall–Kier alpha value is -2.57. The fourth-order valence-corrected chi connectivity index (χ4v) is 3.17. The Morgan fingerprint density at radius 2 is 2.04 bits per heavy atom. The summed E-state index contributed by atoms with van der Waals surface area (Å²) in [5, 5.41) is 1.12. The number of aromatic nitrogens is 1. The second-order valence-electron chi connectivity index (χ2n) is 4.80. The molecule has 0 spiro atoms. The Labute approximate surface area is 147 Å². The number of nitrogens with zero attached hydrogens (tertiary/aromatic N) is 1. The fraction of sp³-hybridized carbons (Fsp3) is 0.0588. The van der Waals surface area contributed by atoms with Crippen molar-refractivity contribution in [3.8, 4) is 5.75 Å². The summed E-state index contributed by atoms with van der Waals surface area (Å²) in [5.41, 5.74) is 6.97. The summed E-state index contributed by atoms with van der Waals surface area (Å²) >= 11 is 7.51. The van der Waals surface area contributed by atoms with E-state index in [-0.39, 0.29) is 5.91 Å². The highest BCUT2D eigenvalue weighted by atomic mass is 35.5. The van der Waals surface area contributed by atoms with Crippen LogP contribution in [0.3, 0.4) is 0 Å². The average molecular weight is 360 g/mol. The molecule has 0 aliphatic rings. The number of nitrogens with one attached hydrogen (secondary N) is 2. The summed E-state index contributed by atoms with van der Waals surface area (Å²) in [6, 6.07) is 13.1. The zero-order valence-electron chi connectivity index (χ0n) is 12.7. The lowest BCUT2D eigenvalue weighted by atomic mass is 10.2. The SMILES string of the molecule is COc1ccc(Cl)c2sc(NNC(=O)/C=C/c3ccccc3)nc12. The molecule has 2 aromatic carbocycles. The predicted molar refractivity (Wildman–Crippen MR) is 98.4 cm³/mol. The van der Waals surface area contributed by atoms with Crippen molar-refractivity contribution in [1.29, 1.82) is 0 Å². The maximum atomic E-state index is 11.9. The summed E-state index contributed by atoms with van der Waals surface area (Å²) in [4.78, 5) is 16.3. The first-order valence-electron chi connectivity index (χ1n) is 7.09. The Balaban J connectivity index is 1.68. The van der Waals surface area contributed by atoms with Gasteiger partial charge in [-0.3, -0.25) is 15.6 Å². The van der Waals surface area contributed by atoms with Crippen molar-refractivity contribution in [2.45, 2.75) is 0 Å². The van der Waals surface area contributed by atoms with E-state index in [2.05, 4.69) is 15.8 Å². The van der Waals surface area contributed by atoms with Gasteiger partial charge in [-0.05, 0) is 23.8 Å². The van der Waals surface area contributed by atoms with Gasteiger partial charge in [0, 0.05) is 6.08 Å². The molecule has 0 aliphatic carbocycles. The number of halogens is 1. The van der Waals surface area contributed by atoms with Gasteiger partial charge < -0.3 is 4.74 Å². The quantitative estimate of drug-likeness (QED) is 0.531. The van der Waals surface area contributed by atoms with Crippen molar-refractivity contribution in [3.05, 3.63) is 59.1 Å². The number of hydrogen-bond donors (Lipinski definition) is 2. The van der Waals surface area contributed by atoms with Gasteiger partial charge in [-0.2, -0.15) is 0 Å². The molecule has 3 aromatic rings. The van der Waals surface area contributed by atoms with Gasteiger partial charge in [-0.25, -0.2) is 4.98 Å². The molecule has 0 radical (unpaired) electrons. The lowest BCUT2D eigenvalue weighted by Gasteiger charge is -2.01. The molecular formula is C17H14ClN3O2S. The van der Waals surface area contributed by atoms with E-state index in [4.69, 9.17) is 16.3 Å². The highest BCUT2D eigenvalue weighted by Crippen LogP contribution is 2.36. The van der Waals surface area contributed by atoms with Crippen LogP contribution in [0.15, 0.2) is 48.5 Å². The first-order valence-corrected chi connectivity index (χ1v) is 8.29. The number of methoxy groups -OCH3 is 1. The Bertz CT molecular complexity index is 893. The number of thiazole rings is 1. The third-order valence-electron chi connectivity index (χ3n) is 3.20. The molecule has 0 fully saturated rings. The molecule has 0 unspecified atom stereocenters. The minimum atomic E-state index is -0.281. The number of fused-ring (bicyclic) bond motifs is 1. The van der Waals surface area contributed by atoms with E-state index in [1.165, 1.54) is 17.4 Å². The largest absolute Gasteiger partial charge is 0.494 e. The standard InChI is InChI=1S/C17H14ClN3O2S/c1-23-13-9-8-12(18)16-15(13)19-17(24-16)21-20-14(22)10-7-11-5-3-2-4-6-11/h2-10H,1H3,(H,19,21)(H,20,22)/b10-7+. The van der Waals surface area contributed by atoms with Gasteiger partial charge in [0.1, 0.15) is 11.3 Å². The Morgan fingerprint density at radius 3 is 2.79 bits per heavy atom. The molecule has 0 aliphatic heterocycles. The van der Waals surface area contributed by atoms with Crippen LogP contribution >= 0.6 is 22.9 Å². The zero-order valence-corrected chi connectivity index (χ0v) is 14.3. The van der Waals surface area contributed by atoms with Gasteiger partial charge in [0.15, 0.2) is 0 Å². The molecule has 2 N–H and O–H groups in total. The fourth-order valence-electron chi connectivity index (χ4n) is 2.06. The van der Waals surface area contributed by atoms with Gasteiger partial charge in [0.2, 0.25) is 5.13 Å². The summed E-state index contributed by atoms with van der Waals surface area (Å²) in [6.45, 7) is 0. The molecule has 7 heteroatoms. The second kappa shape index (κ2) is 7.33. The van der Waals surface area contributed by atoms with Gasteiger partial charge in [-0.1, -0.05) is 53.3 Å². The number of hydrogen-bond acceptors (Lipinski definition) is 5. The zero-order chi connectivity index (χ0) is 16.9. The highest BCUT2D eigenvalue weighted by Gasteiger charge is 2.12. The van der Waals surface area contributed by atoms with Crippen LogP contribution in [-0.2, 0) is 4.79 Å². The molecule has 1 heterocycles. The third kappa shape index (κ3) is 3.67. The van der Waals surface area contributed by atoms with Crippen LogP contribution in [0.4, 0.5) is 5.13 Å². The smallest absolute Gasteiger partial charge is 0.262 e. The van der Waals surface area contributed by atoms with E-state index in [1.807, 2.05) is 30.3 Å². The maximum absolute atomic E-state index is 11.9. The van der Waals surface area contributed by atoms with Gasteiger partial charge >= 0.3 is 0 Å². The lowest BCUT2D eigenvalue weighted by molar-refractivity contribution is -0.115. The summed E-state index contributed by atoms with van der Waals surface area (Å²) < 4.78 is 6.07.